The molecule has 0 bridgehead atoms. The lowest BCUT2D eigenvalue weighted by Crippen LogP contribution is -2.40. The van der Waals surface area contributed by atoms with Crippen LogP contribution in [0.4, 0.5) is 16.2 Å². The molecule has 340 valence electrons. The van der Waals surface area contributed by atoms with Gasteiger partial charge in [0.05, 0.1) is 17.3 Å². The smallest absolute Gasteiger partial charge is 0.411 e. The molecule has 0 radical (unpaired) electrons. The van der Waals surface area contributed by atoms with Crippen LogP contribution in [-0.4, -0.2) is 83.4 Å². The Kier molecular flexibility index (Phi) is 16.0. The van der Waals surface area contributed by atoms with Gasteiger partial charge in [0.2, 0.25) is 17.4 Å². The number of pyridine rings is 1. The second-order valence-corrected chi connectivity index (χ2v) is 17.1. The molecule has 1 saturated heterocycles. The number of likely N-dealkylation sites (tertiary alicyclic amines) is 1. The zero-order chi connectivity index (χ0) is 45.7. The fraction of sp³-hybridized carbons (Fsp3) is 0.346. The number of carbonyl (C=O) groups is 3. The lowest BCUT2D eigenvalue weighted by molar-refractivity contribution is -0.121. The van der Waals surface area contributed by atoms with Crippen molar-refractivity contribution < 1.29 is 29.3 Å². The minimum absolute atomic E-state index is 0.0133. The number of carbonyl (C=O) groups excluding carboxylic acids is 3. The Morgan fingerprint density at radius 2 is 1.68 bits per heavy atom. The summed E-state index contributed by atoms with van der Waals surface area (Å²) >= 11 is 0. The van der Waals surface area contributed by atoms with Crippen LogP contribution in [0.15, 0.2) is 132 Å². The number of aliphatic hydroxyl groups is 1. The number of H-pyrrole nitrogens is 1. The SMILES string of the molecule is CC(CC1C=CC=C(CCC(=O)NCc2ccc(N(C)C(=O)CCN3CCC(OC(=O)Nc4ccccc4-c4ccccc4)CC3)cc2)C1)NCC(O)c1ccc(O)c2[nH]c(=O)ccc12. The number of allylic oxidation sites excluding steroid dienone is 4. The van der Waals surface area contributed by atoms with Crippen molar-refractivity contribution in [2.24, 2.45) is 5.92 Å². The van der Waals surface area contributed by atoms with Crippen molar-refractivity contribution in [3.05, 3.63) is 148 Å². The van der Waals surface area contributed by atoms with Gasteiger partial charge in [0.25, 0.3) is 0 Å². The number of aromatic nitrogens is 1. The predicted octanol–water partition coefficient (Wildman–Crippen LogP) is 7.97. The minimum atomic E-state index is -0.829. The number of aromatic amines is 1. The monoisotopic (exact) mass is 880 g/mol. The average Bonchev–Trinajstić information content (AvgIpc) is 3.32. The number of benzene rings is 4. The summed E-state index contributed by atoms with van der Waals surface area (Å²) in [6.07, 6.45) is 9.42. The van der Waals surface area contributed by atoms with Gasteiger partial charge in [0, 0.05) is 81.4 Å². The molecule has 0 saturated carbocycles. The third kappa shape index (κ3) is 13.0. The van der Waals surface area contributed by atoms with Gasteiger partial charge in [-0.3, -0.25) is 19.7 Å². The van der Waals surface area contributed by atoms with Crippen molar-refractivity contribution in [2.75, 3.05) is 43.4 Å². The van der Waals surface area contributed by atoms with Gasteiger partial charge in [-0.05, 0) is 92.0 Å². The lowest BCUT2D eigenvalue weighted by Gasteiger charge is -2.31. The number of nitrogens with one attached hydrogen (secondary N) is 4. The van der Waals surface area contributed by atoms with Gasteiger partial charge in [-0.25, -0.2) is 4.79 Å². The number of amides is 3. The zero-order valence-corrected chi connectivity index (χ0v) is 37.2. The van der Waals surface area contributed by atoms with E-state index >= 15 is 0 Å². The summed E-state index contributed by atoms with van der Waals surface area (Å²) < 4.78 is 5.78. The Balaban J connectivity index is 0.758. The second kappa shape index (κ2) is 22.4. The Bertz CT molecular complexity index is 2530. The van der Waals surface area contributed by atoms with Crippen LogP contribution in [0.25, 0.3) is 22.0 Å². The fourth-order valence-electron chi connectivity index (χ4n) is 8.65. The minimum Gasteiger partial charge on any atom is -0.506 e. The molecule has 5 aromatic rings. The zero-order valence-electron chi connectivity index (χ0n) is 37.2. The number of anilines is 2. The van der Waals surface area contributed by atoms with Crippen LogP contribution in [0, 0.1) is 5.92 Å². The first-order chi connectivity index (χ1) is 31.5. The number of para-hydroxylation sites is 1. The maximum absolute atomic E-state index is 13.2. The average molecular weight is 881 g/mol. The van der Waals surface area contributed by atoms with Crippen LogP contribution in [0.5, 0.6) is 5.75 Å². The molecule has 0 spiro atoms. The first-order valence-electron chi connectivity index (χ1n) is 22.6. The van der Waals surface area contributed by atoms with Crippen LogP contribution in [-0.2, 0) is 20.9 Å². The van der Waals surface area contributed by atoms with E-state index in [1.54, 1.807) is 24.1 Å². The molecule has 7 rings (SSSR count). The number of ether oxygens (including phenoxy) is 1. The molecular weight excluding hydrogens is 821 g/mol. The molecule has 6 N–H and O–H groups in total. The molecule has 2 heterocycles. The Hall–Kier alpha value is -6.54. The van der Waals surface area contributed by atoms with Gasteiger partial charge in [0.15, 0.2) is 0 Å². The normalized spacial score (nSPS) is 16.4. The van der Waals surface area contributed by atoms with E-state index in [4.69, 9.17) is 4.74 Å². The molecule has 1 aliphatic heterocycles. The summed E-state index contributed by atoms with van der Waals surface area (Å²) in [4.78, 5) is 57.1. The molecule has 13 heteroatoms. The Morgan fingerprint density at radius 3 is 2.46 bits per heavy atom. The lowest BCUT2D eigenvalue weighted by atomic mass is 9.87. The standard InChI is InChI=1S/C52H60N6O7/c1-35(53-34-47(60)43-20-22-46(59)51-44(43)21-24-49(62)56-51)31-38-10-8-9-36(32-38)17-23-48(61)54-33-37-15-18-40(19-16-37)57(2)50(63)27-30-58-28-25-41(26-29-58)65-52(64)55-45-14-7-6-13-42(45)39-11-4-3-5-12-39/h3-16,18-22,24,35,38,41,47,53,59-60H,17,23,25-34H2,1-2H3,(H,54,61)(H,55,64)(H,56,62). The van der Waals surface area contributed by atoms with E-state index in [9.17, 15) is 29.4 Å². The first kappa shape index (κ1) is 46.5. The van der Waals surface area contributed by atoms with E-state index in [2.05, 4.69) is 51.0 Å². The van der Waals surface area contributed by atoms with Crippen LogP contribution >= 0.6 is 0 Å². The quantitative estimate of drug-likeness (QED) is 0.0510. The van der Waals surface area contributed by atoms with Gasteiger partial charge in [-0.1, -0.05) is 90.5 Å². The fourth-order valence-corrected chi connectivity index (χ4v) is 8.65. The summed E-state index contributed by atoms with van der Waals surface area (Å²) in [6, 6.07) is 31.5. The number of aromatic hydroxyl groups is 1. The van der Waals surface area contributed by atoms with Crippen LogP contribution in [0.3, 0.4) is 0 Å². The van der Waals surface area contributed by atoms with Gasteiger partial charge in [0.1, 0.15) is 11.9 Å². The largest absolute Gasteiger partial charge is 0.506 e. The Morgan fingerprint density at radius 1 is 0.923 bits per heavy atom. The summed E-state index contributed by atoms with van der Waals surface area (Å²) in [5.74, 6) is 0.252. The highest BCUT2D eigenvalue weighted by Gasteiger charge is 2.24. The maximum atomic E-state index is 13.2. The molecule has 1 fully saturated rings. The molecule has 13 nitrogen and oxygen atoms in total. The molecule has 65 heavy (non-hydrogen) atoms. The van der Waals surface area contributed by atoms with Gasteiger partial charge in [-0.15, -0.1) is 0 Å². The van der Waals surface area contributed by atoms with Gasteiger partial charge in [-0.2, -0.15) is 0 Å². The van der Waals surface area contributed by atoms with Crippen LogP contribution in [0.1, 0.15) is 69.1 Å². The van der Waals surface area contributed by atoms with Crippen molar-refractivity contribution >= 4 is 40.2 Å². The maximum Gasteiger partial charge on any atom is 0.411 e. The number of piperidine rings is 1. The third-order valence-electron chi connectivity index (χ3n) is 12.4. The van der Waals surface area contributed by atoms with Crippen molar-refractivity contribution in [1.82, 2.24) is 20.5 Å². The number of nitrogens with zero attached hydrogens (tertiary/aromatic N) is 2. The van der Waals surface area contributed by atoms with Crippen molar-refractivity contribution in [2.45, 2.75) is 76.7 Å². The van der Waals surface area contributed by atoms with Crippen molar-refractivity contribution in [3.8, 4) is 16.9 Å². The van der Waals surface area contributed by atoms with Crippen LogP contribution < -0.4 is 26.4 Å². The second-order valence-electron chi connectivity index (χ2n) is 17.1. The molecule has 4 aromatic carbocycles. The molecular formula is C52H60N6O7. The topological polar surface area (TPSA) is 176 Å². The number of phenols is 1. The van der Waals surface area contributed by atoms with Gasteiger partial charge >= 0.3 is 6.09 Å². The molecule has 1 aliphatic carbocycles. The van der Waals surface area contributed by atoms with Gasteiger partial charge < -0.3 is 40.4 Å². The summed E-state index contributed by atoms with van der Waals surface area (Å²) in [7, 11) is 1.78. The number of fused-ring (bicyclic) bond motifs is 1. The highest BCUT2D eigenvalue weighted by Crippen LogP contribution is 2.31. The number of rotatable bonds is 18. The van der Waals surface area contributed by atoms with E-state index < -0.39 is 12.2 Å². The van der Waals surface area contributed by atoms with E-state index in [-0.39, 0.29) is 35.3 Å². The number of hydrogen-bond acceptors (Lipinski definition) is 9. The van der Waals surface area contributed by atoms with E-state index in [0.717, 1.165) is 48.3 Å². The molecule has 3 unspecified atom stereocenters. The molecule has 3 atom stereocenters. The molecule has 2 aliphatic rings. The van der Waals surface area contributed by atoms with E-state index in [1.807, 2.05) is 78.9 Å². The highest BCUT2D eigenvalue weighted by molar-refractivity contribution is 5.93. The summed E-state index contributed by atoms with van der Waals surface area (Å²) in [5, 5.41) is 31.1. The van der Waals surface area contributed by atoms with Crippen LogP contribution in [0.2, 0.25) is 0 Å². The summed E-state index contributed by atoms with van der Waals surface area (Å²) in [6.45, 7) is 4.90. The predicted molar refractivity (Wildman–Crippen MR) is 256 cm³/mol. The highest BCUT2D eigenvalue weighted by atomic mass is 16.6. The van der Waals surface area contributed by atoms with Crippen molar-refractivity contribution in [3.63, 3.8) is 0 Å². The first-order valence-corrected chi connectivity index (χ1v) is 22.6. The van der Waals surface area contributed by atoms with E-state index in [0.29, 0.717) is 79.8 Å². The third-order valence-corrected chi connectivity index (χ3v) is 12.4. The molecule has 1 aromatic heterocycles. The molecule has 3 amide bonds. The number of phenolic OH excluding ortho intramolecular Hbond substituents is 1. The number of hydrogen-bond donors (Lipinski definition) is 6. The summed E-state index contributed by atoms with van der Waals surface area (Å²) in [5.41, 5.74) is 6.22. The number of aliphatic hydroxyl groups excluding tert-OH is 1. The Labute approximate surface area is 380 Å². The van der Waals surface area contributed by atoms with Crippen molar-refractivity contribution in [1.29, 1.82) is 0 Å². The van der Waals surface area contributed by atoms with E-state index in [1.165, 1.54) is 17.7 Å².